The molecular weight excluding hydrogens is 172 g/mol. The number of rotatable bonds is 4. The molecule has 0 saturated heterocycles. The highest BCUT2D eigenvalue weighted by atomic mass is 32.1. The number of hydrogen-bond donors (Lipinski definition) is 0. The normalized spacial score (nSPS) is 9.33. The van der Waals surface area contributed by atoms with Crippen LogP contribution in [0.1, 0.15) is 12.0 Å². The summed E-state index contributed by atoms with van der Waals surface area (Å²) in [6, 6.07) is 1.94. The molecule has 0 bridgehead atoms. The second kappa shape index (κ2) is 4.72. The van der Waals surface area contributed by atoms with Crippen LogP contribution in [0.5, 0.6) is 0 Å². The third kappa shape index (κ3) is 2.88. The van der Waals surface area contributed by atoms with Gasteiger partial charge in [0, 0.05) is 5.56 Å². The van der Waals surface area contributed by atoms with Gasteiger partial charge in [-0.2, -0.15) is 11.3 Å². The maximum atomic E-state index is 10.8. The number of carbonyl (C=O) groups excluding carboxylic acids is 1. The molecule has 0 N–H and O–H groups in total. The van der Waals surface area contributed by atoms with Crippen molar-refractivity contribution in [1.82, 2.24) is 0 Å². The molecule has 0 aliphatic carbocycles. The zero-order valence-electron chi connectivity index (χ0n) is 6.66. The van der Waals surface area contributed by atoms with Crippen LogP contribution in [0.3, 0.4) is 0 Å². The summed E-state index contributed by atoms with van der Waals surface area (Å²) in [6.07, 6.45) is 1.82. The summed E-state index contributed by atoms with van der Waals surface area (Å²) in [6.45, 7) is 3.82. The lowest BCUT2D eigenvalue weighted by atomic mass is 10.4. The summed E-state index contributed by atoms with van der Waals surface area (Å²) in [7, 11) is 0. The van der Waals surface area contributed by atoms with Crippen molar-refractivity contribution < 1.29 is 9.53 Å². The van der Waals surface area contributed by atoms with Crippen LogP contribution < -0.4 is 0 Å². The van der Waals surface area contributed by atoms with Crippen LogP contribution in [-0.2, 0) is 16.1 Å². The van der Waals surface area contributed by atoms with Crippen molar-refractivity contribution in [2.75, 3.05) is 0 Å². The Bertz CT molecular complexity index is 252. The van der Waals surface area contributed by atoms with Crippen LogP contribution in [0.2, 0.25) is 0 Å². The first-order chi connectivity index (χ1) is 5.83. The lowest BCUT2D eigenvalue weighted by Gasteiger charge is -1.99. The van der Waals surface area contributed by atoms with Crippen molar-refractivity contribution in [2.45, 2.75) is 13.0 Å². The predicted octanol–water partition coefficient (Wildman–Crippen LogP) is 2.37. The number of carbonyl (C=O) groups is 1. The largest absolute Gasteiger partial charge is 0.461 e. The van der Waals surface area contributed by atoms with Crippen LogP contribution in [-0.4, -0.2) is 5.97 Å². The minimum atomic E-state index is -0.226. The number of ether oxygens (including phenoxy) is 1. The second-order valence-electron chi connectivity index (χ2n) is 2.29. The van der Waals surface area contributed by atoms with Gasteiger partial charge in [-0.3, -0.25) is 4.79 Å². The topological polar surface area (TPSA) is 26.3 Å². The Morgan fingerprint density at radius 3 is 3.17 bits per heavy atom. The Balaban J connectivity index is 2.26. The van der Waals surface area contributed by atoms with Gasteiger partial charge in [-0.15, -0.1) is 6.58 Å². The average molecular weight is 182 g/mol. The van der Waals surface area contributed by atoms with E-state index in [1.807, 2.05) is 16.8 Å². The highest BCUT2D eigenvalue weighted by Crippen LogP contribution is 2.07. The van der Waals surface area contributed by atoms with Crippen molar-refractivity contribution in [2.24, 2.45) is 0 Å². The van der Waals surface area contributed by atoms with Crippen molar-refractivity contribution >= 4 is 17.3 Å². The number of esters is 1. The van der Waals surface area contributed by atoms with Crippen LogP contribution in [0.15, 0.2) is 29.5 Å². The van der Waals surface area contributed by atoms with E-state index in [2.05, 4.69) is 6.58 Å². The maximum absolute atomic E-state index is 10.8. The smallest absolute Gasteiger partial charge is 0.309 e. The molecule has 1 aromatic heterocycles. The Kier molecular flexibility index (Phi) is 3.54. The standard InChI is InChI=1S/C9H10O2S/c1-2-3-9(10)11-6-8-4-5-12-7-8/h2,4-5,7H,1,3,6H2. The Labute approximate surface area is 75.5 Å². The molecule has 2 nitrogen and oxygen atoms in total. The molecule has 0 aliphatic heterocycles. The van der Waals surface area contributed by atoms with E-state index in [0.717, 1.165) is 5.56 Å². The minimum Gasteiger partial charge on any atom is -0.461 e. The number of hydrogen-bond acceptors (Lipinski definition) is 3. The first-order valence-electron chi connectivity index (χ1n) is 3.60. The molecule has 12 heavy (non-hydrogen) atoms. The summed E-state index contributed by atoms with van der Waals surface area (Å²) in [5.74, 6) is -0.226. The molecule has 3 heteroatoms. The molecule has 0 unspecified atom stereocenters. The first kappa shape index (κ1) is 9.00. The molecule has 0 amide bonds. The van der Waals surface area contributed by atoms with Crippen LogP contribution in [0.25, 0.3) is 0 Å². The molecule has 0 saturated carbocycles. The molecule has 64 valence electrons. The summed E-state index contributed by atoms with van der Waals surface area (Å²) in [5.41, 5.74) is 1.04. The fourth-order valence-corrected chi connectivity index (χ4v) is 1.37. The fraction of sp³-hybridized carbons (Fsp3) is 0.222. The van der Waals surface area contributed by atoms with Gasteiger partial charge in [-0.1, -0.05) is 6.08 Å². The Morgan fingerprint density at radius 2 is 2.58 bits per heavy atom. The quantitative estimate of drug-likeness (QED) is 0.528. The molecule has 0 radical (unpaired) electrons. The summed E-state index contributed by atoms with van der Waals surface area (Å²) < 4.78 is 4.92. The van der Waals surface area contributed by atoms with E-state index in [1.54, 1.807) is 11.3 Å². The van der Waals surface area contributed by atoms with Crippen molar-refractivity contribution in [3.05, 3.63) is 35.0 Å². The van der Waals surface area contributed by atoms with Gasteiger partial charge in [0.05, 0.1) is 6.42 Å². The van der Waals surface area contributed by atoms with Gasteiger partial charge in [-0.25, -0.2) is 0 Å². The van der Waals surface area contributed by atoms with Crippen LogP contribution in [0, 0.1) is 0 Å². The Hall–Kier alpha value is -1.09. The van der Waals surface area contributed by atoms with Gasteiger partial charge in [-0.05, 0) is 16.8 Å². The van der Waals surface area contributed by atoms with Gasteiger partial charge in [0.15, 0.2) is 0 Å². The van der Waals surface area contributed by atoms with Gasteiger partial charge >= 0.3 is 5.97 Å². The molecule has 1 rings (SSSR count). The van der Waals surface area contributed by atoms with Gasteiger partial charge < -0.3 is 4.74 Å². The predicted molar refractivity (Wildman–Crippen MR) is 48.9 cm³/mol. The van der Waals surface area contributed by atoms with E-state index in [4.69, 9.17) is 4.74 Å². The highest BCUT2D eigenvalue weighted by molar-refractivity contribution is 7.07. The third-order valence-electron chi connectivity index (χ3n) is 1.29. The lowest BCUT2D eigenvalue weighted by Crippen LogP contribution is -2.01. The summed E-state index contributed by atoms with van der Waals surface area (Å²) in [5, 5.41) is 3.91. The van der Waals surface area contributed by atoms with Gasteiger partial charge in [0.25, 0.3) is 0 Å². The van der Waals surface area contributed by atoms with E-state index in [9.17, 15) is 4.79 Å². The third-order valence-corrected chi connectivity index (χ3v) is 2.02. The van der Waals surface area contributed by atoms with E-state index < -0.39 is 0 Å². The van der Waals surface area contributed by atoms with E-state index >= 15 is 0 Å². The van der Waals surface area contributed by atoms with Crippen LogP contribution in [0.4, 0.5) is 0 Å². The molecular formula is C9H10O2S. The SMILES string of the molecule is C=CCC(=O)OCc1ccsc1. The molecule has 0 aromatic carbocycles. The summed E-state index contributed by atoms with van der Waals surface area (Å²) >= 11 is 1.59. The van der Waals surface area contributed by atoms with E-state index in [1.165, 1.54) is 6.08 Å². The monoisotopic (exact) mass is 182 g/mol. The van der Waals surface area contributed by atoms with Crippen molar-refractivity contribution in [1.29, 1.82) is 0 Å². The average Bonchev–Trinajstić information content (AvgIpc) is 2.53. The second-order valence-corrected chi connectivity index (χ2v) is 3.07. The van der Waals surface area contributed by atoms with Crippen molar-refractivity contribution in [3.8, 4) is 0 Å². The maximum Gasteiger partial charge on any atom is 0.309 e. The zero-order chi connectivity index (χ0) is 8.81. The van der Waals surface area contributed by atoms with Gasteiger partial charge in [0.2, 0.25) is 0 Å². The molecule has 0 spiro atoms. The van der Waals surface area contributed by atoms with E-state index in [0.29, 0.717) is 6.61 Å². The van der Waals surface area contributed by atoms with E-state index in [-0.39, 0.29) is 12.4 Å². The molecule has 1 aromatic rings. The van der Waals surface area contributed by atoms with Crippen LogP contribution >= 0.6 is 11.3 Å². The zero-order valence-corrected chi connectivity index (χ0v) is 7.47. The first-order valence-corrected chi connectivity index (χ1v) is 4.55. The number of thiophene rings is 1. The molecule has 0 atom stereocenters. The molecule has 0 aliphatic rings. The minimum absolute atomic E-state index is 0.226. The fourth-order valence-electron chi connectivity index (χ4n) is 0.715. The lowest BCUT2D eigenvalue weighted by molar-refractivity contribution is -0.143. The molecule has 0 fully saturated rings. The molecule has 1 heterocycles. The summed E-state index contributed by atoms with van der Waals surface area (Å²) in [4.78, 5) is 10.8. The highest BCUT2D eigenvalue weighted by Gasteiger charge is 1.99. The van der Waals surface area contributed by atoms with Gasteiger partial charge in [0.1, 0.15) is 6.61 Å². The van der Waals surface area contributed by atoms with Crippen molar-refractivity contribution in [3.63, 3.8) is 0 Å². The Morgan fingerprint density at radius 1 is 1.75 bits per heavy atom.